The maximum absolute atomic E-state index is 12.5. The van der Waals surface area contributed by atoms with Crippen molar-refractivity contribution in [2.24, 2.45) is 0 Å². The zero-order chi connectivity index (χ0) is 21.7. The number of hydrogen-bond acceptors (Lipinski definition) is 5. The molecule has 2 aromatic carbocycles. The smallest absolute Gasteiger partial charge is 0.293 e. The summed E-state index contributed by atoms with van der Waals surface area (Å²) in [5, 5.41) is 14.0. The number of benzene rings is 2. The van der Waals surface area contributed by atoms with Crippen molar-refractivity contribution in [3.63, 3.8) is 0 Å². The Bertz CT molecular complexity index is 888. The number of carbonyl (C=O) groups excluding carboxylic acids is 1. The fraction of sp³-hybridized carbons (Fsp3) is 0.435. The average molecular weight is 411 g/mol. The third-order valence-electron chi connectivity index (χ3n) is 5.60. The van der Waals surface area contributed by atoms with E-state index in [1.807, 2.05) is 0 Å². The summed E-state index contributed by atoms with van der Waals surface area (Å²) in [6, 6.07) is 13.6. The Morgan fingerprint density at radius 1 is 1.07 bits per heavy atom. The van der Waals surface area contributed by atoms with Crippen molar-refractivity contribution in [2.75, 3.05) is 38.0 Å². The molecule has 7 heteroatoms. The van der Waals surface area contributed by atoms with Gasteiger partial charge in [0, 0.05) is 38.8 Å². The van der Waals surface area contributed by atoms with E-state index in [0.29, 0.717) is 11.5 Å². The van der Waals surface area contributed by atoms with Gasteiger partial charge < -0.3 is 5.32 Å². The summed E-state index contributed by atoms with van der Waals surface area (Å²) in [5.74, 6) is 0.319. The molecule has 0 bridgehead atoms. The summed E-state index contributed by atoms with van der Waals surface area (Å²) >= 11 is 0. The van der Waals surface area contributed by atoms with Crippen LogP contribution in [-0.4, -0.2) is 53.4 Å². The van der Waals surface area contributed by atoms with E-state index in [1.165, 1.54) is 17.2 Å². The Morgan fingerprint density at radius 2 is 1.70 bits per heavy atom. The summed E-state index contributed by atoms with van der Waals surface area (Å²) in [6.07, 6.45) is 0. The lowest BCUT2D eigenvalue weighted by Crippen LogP contribution is -2.48. The molecular formula is C23H30N4O3. The van der Waals surface area contributed by atoms with Gasteiger partial charge in [0.15, 0.2) is 0 Å². The number of amides is 1. The fourth-order valence-electron chi connectivity index (χ4n) is 3.72. The van der Waals surface area contributed by atoms with Crippen LogP contribution in [0.4, 0.5) is 11.4 Å². The Morgan fingerprint density at radius 3 is 2.30 bits per heavy atom. The standard InChI is InChI=1S/C23H30N4O3/c1-17(2)20-9-7-19(8-10-20)15-25-11-13-26(14-12-25)16-22(28)24-23-18(3)5-4-6-21(23)27(29)30/h4-10,17H,11-16H2,1-3H3,(H,24,28). The van der Waals surface area contributed by atoms with E-state index in [9.17, 15) is 14.9 Å². The number of para-hydroxylation sites is 1. The molecule has 0 spiro atoms. The van der Waals surface area contributed by atoms with Crippen LogP contribution in [0.25, 0.3) is 0 Å². The van der Waals surface area contributed by atoms with Crippen LogP contribution < -0.4 is 5.32 Å². The molecule has 0 atom stereocenters. The number of nitrogens with zero attached hydrogens (tertiary/aromatic N) is 3. The second kappa shape index (κ2) is 9.82. The molecule has 1 N–H and O–H groups in total. The number of carbonyl (C=O) groups is 1. The van der Waals surface area contributed by atoms with Crippen LogP contribution in [0.3, 0.4) is 0 Å². The third kappa shape index (κ3) is 5.64. The van der Waals surface area contributed by atoms with Crippen LogP contribution in [0, 0.1) is 17.0 Å². The number of piperazine rings is 1. The first-order chi connectivity index (χ1) is 14.3. The minimum atomic E-state index is -0.463. The molecule has 0 aromatic heterocycles. The van der Waals surface area contributed by atoms with Gasteiger partial charge in [-0.15, -0.1) is 0 Å². The van der Waals surface area contributed by atoms with Gasteiger partial charge in [-0.05, 0) is 29.5 Å². The monoisotopic (exact) mass is 410 g/mol. The van der Waals surface area contributed by atoms with Crippen molar-refractivity contribution in [1.82, 2.24) is 9.80 Å². The van der Waals surface area contributed by atoms with Gasteiger partial charge in [-0.1, -0.05) is 50.2 Å². The second-order valence-electron chi connectivity index (χ2n) is 8.22. The van der Waals surface area contributed by atoms with Gasteiger partial charge in [-0.25, -0.2) is 0 Å². The third-order valence-corrected chi connectivity index (χ3v) is 5.60. The van der Waals surface area contributed by atoms with Crippen molar-refractivity contribution in [1.29, 1.82) is 0 Å². The van der Waals surface area contributed by atoms with Crippen LogP contribution in [0.1, 0.15) is 36.5 Å². The molecule has 0 radical (unpaired) electrons. The number of anilines is 1. The molecule has 30 heavy (non-hydrogen) atoms. The molecule has 0 saturated carbocycles. The van der Waals surface area contributed by atoms with Crippen LogP contribution in [0.15, 0.2) is 42.5 Å². The summed E-state index contributed by atoms with van der Waals surface area (Å²) in [5.41, 5.74) is 3.56. The van der Waals surface area contributed by atoms with Gasteiger partial charge in [0.1, 0.15) is 5.69 Å². The molecule has 7 nitrogen and oxygen atoms in total. The van der Waals surface area contributed by atoms with E-state index < -0.39 is 4.92 Å². The first-order valence-corrected chi connectivity index (χ1v) is 10.4. The van der Waals surface area contributed by atoms with Crippen LogP contribution in [0.5, 0.6) is 0 Å². The van der Waals surface area contributed by atoms with E-state index in [0.717, 1.165) is 32.7 Å². The van der Waals surface area contributed by atoms with Crippen molar-refractivity contribution in [2.45, 2.75) is 33.2 Å². The molecule has 2 aromatic rings. The minimum absolute atomic E-state index is 0.0725. The Labute approximate surface area is 177 Å². The summed E-state index contributed by atoms with van der Waals surface area (Å²) in [6.45, 7) is 10.7. The molecule has 3 rings (SSSR count). The highest BCUT2D eigenvalue weighted by Crippen LogP contribution is 2.27. The molecule has 1 aliphatic heterocycles. The van der Waals surface area contributed by atoms with Gasteiger partial charge in [0.05, 0.1) is 11.5 Å². The SMILES string of the molecule is Cc1cccc([N+](=O)[O-])c1NC(=O)CN1CCN(Cc2ccc(C(C)C)cc2)CC1. The number of hydrogen-bond donors (Lipinski definition) is 1. The van der Waals surface area contributed by atoms with Crippen molar-refractivity contribution in [3.05, 3.63) is 69.3 Å². The maximum Gasteiger partial charge on any atom is 0.293 e. The predicted octanol–water partition coefficient (Wildman–Crippen LogP) is 3.78. The molecule has 1 fully saturated rings. The lowest BCUT2D eigenvalue weighted by molar-refractivity contribution is -0.384. The molecule has 0 unspecified atom stereocenters. The molecule has 1 heterocycles. The summed E-state index contributed by atoms with van der Waals surface area (Å²) in [7, 11) is 0. The summed E-state index contributed by atoms with van der Waals surface area (Å²) < 4.78 is 0. The van der Waals surface area contributed by atoms with Crippen molar-refractivity contribution < 1.29 is 9.72 Å². The normalized spacial score (nSPS) is 15.3. The molecule has 0 aliphatic carbocycles. The Balaban J connectivity index is 1.49. The van der Waals surface area contributed by atoms with Gasteiger partial charge in [-0.2, -0.15) is 0 Å². The zero-order valence-electron chi connectivity index (χ0n) is 17.9. The van der Waals surface area contributed by atoms with Crippen molar-refractivity contribution >= 4 is 17.3 Å². The Hall–Kier alpha value is -2.77. The van der Waals surface area contributed by atoms with Crippen LogP contribution >= 0.6 is 0 Å². The van der Waals surface area contributed by atoms with E-state index in [-0.39, 0.29) is 23.8 Å². The maximum atomic E-state index is 12.5. The van der Waals surface area contributed by atoms with Gasteiger partial charge in [0.25, 0.3) is 5.69 Å². The van der Waals surface area contributed by atoms with E-state index in [4.69, 9.17) is 0 Å². The first kappa shape index (κ1) is 21.9. The second-order valence-corrected chi connectivity index (χ2v) is 8.22. The number of nitro groups is 1. The van der Waals surface area contributed by atoms with E-state index in [2.05, 4.69) is 53.2 Å². The van der Waals surface area contributed by atoms with Gasteiger partial charge in [0.2, 0.25) is 5.91 Å². The largest absolute Gasteiger partial charge is 0.319 e. The molecule has 1 amide bonds. The van der Waals surface area contributed by atoms with E-state index in [1.54, 1.807) is 19.1 Å². The molecule has 1 saturated heterocycles. The van der Waals surface area contributed by atoms with Crippen molar-refractivity contribution in [3.8, 4) is 0 Å². The number of rotatable bonds is 7. The lowest BCUT2D eigenvalue weighted by atomic mass is 10.0. The van der Waals surface area contributed by atoms with Crippen LogP contribution in [0.2, 0.25) is 0 Å². The topological polar surface area (TPSA) is 78.7 Å². The highest BCUT2D eigenvalue weighted by atomic mass is 16.6. The number of nitro benzene ring substituents is 1. The average Bonchev–Trinajstić information content (AvgIpc) is 2.71. The quantitative estimate of drug-likeness (QED) is 0.555. The van der Waals surface area contributed by atoms with Gasteiger partial charge >= 0.3 is 0 Å². The first-order valence-electron chi connectivity index (χ1n) is 10.4. The van der Waals surface area contributed by atoms with Crippen LogP contribution in [-0.2, 0) is 11.3 Å². The molecule has 1 aliphatic rings. The summed E-state index contributed by atoms with van der Waals surface area (Å²) in [4.78, 5) is 27.7. The van der Waals surface area contributed by atoms with E-state index >= 15 is 0 Å². The highest BCUT2D eigenvalue weighted by molar-refractivity contribution is 5.95. The highest BCUT2D eigenvalue weighted by Gasteiger charge is 2.22. The molecule has 160 valence electrons. The number of nitrogens with one attached hydrogen (secondary N) is 1. The lowest BCUT2D eigenvalue weighted by Gasteiger charge is -2.34. The fourth-order valence-corrected chi connectivity index (χ4v) is 3.72. The predicted molar refractivity (Wildman–Crippen MR) is 119 cm³/mol. The minimum Gasteiger partial charge on any atom is -0.319 e. The zero-order valence-corrected chi connectivity index (χ0v) is 17.9. The number of aryl methyl sites for hydroxylation is 1. The van der Waals surface area contributed by atoms with Gasteiger partial charge in [-0.3, -0.25) is 24.7 Å². The molecular weight excluding hydrogens is 380 g/mol. The Kier molecular flexibility index (Phi) is 7.18.